The third-order valence-corrected chi connectivity index (χ3v) is 4.36. The van der Waals surface area contributed by atoms with Crippen molar-refractivity contribution in [2.75, 3.05) is 26.9 Å². The maximum absolute atomic E-state index is 5.41. The summed E-state index contributed by atoms with van der Waals surface area (Å²) in [5, 5.41) is 10.5. The lowest BCUT2D eigenvalue weighted by molar-refractivity contribution is 0.174. The van der Waals surface area contributed by atoms with Gasteiger partial charge in [-0.2, -0.15) is 4.98 Å². The number of nitrogens with zero attached hydrogens (tertiary/aromatic N) is 4. The molecule has 0 unspecified atom stereocenters. The third kappa shape index (κ3) is 5.59. The Morgan fingerprint density at radius 2 is 1.90 bits per heavy atom. The Bertz CT molecular complexity index is 980. The second-order valence-corrected chi connectivity index (χ2v) is 6.34. The van der Waals surface area contributed by atoms with Crippen LogP contribution in [-0.2, 0) is 12.8 Å². The van der Waals surface area contributed by atoms with Gasteiger partial charge in [0.05, 0.1) is 0 Å². The molecule has 0 saturated carbocycles. The van der Waals surface area contributed by atoms with E-state index in [1.54, 1.807) is 13.2 Å². The molecule has 30 heavy (non-hydrogen) atoms. The van der Waals surface area contributed by atoms with E-state index >= 15 is 0 Å². The SMILES string of the molecule is CN=C(NCCc1ccc2c(c1)OCO2)NCCc1noc(-c2ccccn2)n1.I. The van der Waals surface area contributed by atoms with Gasteiger partial charge < -0.3 is 24.6 Å². The van der Waals surface area contributed by atoms with Crippen molar-refractivity contribution in [1.29, 1.82) is 0 Å². The largest absolute Gasteiger partial charge is 0.454 e. The molecule has 2 aromatic heterocycles. The predicted molar refractivity (Wildman–Crippen MR) is 122 cm³/mol. The van der Waals surface area contributed by atoms with Crippen molar-refractivity contribution in [2.24, 2.45) is 4.99 Å². The van der Waals surface area contributed by atoms with Crippen LogP contribution in [0, 0.1) is 0 Å². The number of pyridine rings is 1. The minimum atomic E-state index is 0. The molecule has 0 amide bonds. The van der Waals surface area contributed by atoms with Gasteiger partial charge in [-0.05, 0) is 36.2 Å². The number of halogens is 1. The standard InChI is InChI=1S/C20H22N6O3.HI/c1-21-20(23-10-7-14-5-6-16-17(12-14)28-13-27-16)24-11-8-18-25-19(29-26-18)15-4-2-3-9-22-15;/h2-6,9,12H,7-8,10-11,13H2,1H3,(H2,21,23,24);1H. The molecule has 0 aliphatic carbocycles. The van der Waals surface area contributed by atoms with Gasteiger partial charge >= 0.3 is 0 Å². The molecule has 10 heteroatoms. The molecule has 0 spiro atoms. The molecule has 0 saturated heterocycles. The van der Waals surface area contributed by atoms with E-state index in [2.05, 4.69) is 30.8 Å². The zero-order chi connectivity index (χ0) is 19.9. The normalized spacial score (nSPS) is 12.4. The number of benzene rings is 1. The van der Waals surface area contributed by atoms with Gasteiger partial charge in [0.15, 0.2) is 23.3 Å². The van der Waals surface area contributed by atoms with Gasteiger partial charge in [-0.15, -0.1) is 24.0 Å². The van der Waals surface area contributed by atoms with Crippen molar-refractivity contribution in [1.82, 2.24) is 25.8 Å². The maximum atomic E-state index is 5.41. The highest BCUT2D eigenvalue weighted by molar-refractivity contribution is 14.0. The van der Waals surface area contributed by atoms with Crippen LogP contribution in [-0.4, -0.2) is 48.0 Å². The average Bonchev–Trinajstić information content (AvgIpc) is 3.42. The van der Waals surface area contributed by atoms with Crippen molar-refractivity contribution < 1.29 is 14.0 Å². The van der Waals surface area contributed by atoms with Crippen LogP contribution < -0.4 is 20.1 Å². The van der Waals surface area contributed by atoms with Gasteiger partial charge in [0.25, 0.3) is 5.89 Å². The first kappa shape index (κ1) is 21.8. The van der Waals surface area contributed by atoms with E-state index in [0.29, 0.717) is 30.4 Å². The highest BCUT2D eigenvalue weighted by Gasteiger charge is 2.13. The molecule has 158 valence electrons. The molecule has 0 fully saturated rings. The minimum absolute atomic E-state index is 0. The molecule has 1 aliphatic rings. The van der Waals surface area contributed by atoms with E-state index in [1.165, 1.54) is 5.56 Å². The van der Waals surface area contributed by atoms with Gasteiger partial charge in [0.1, 0.15) is 5.69 Å². The number of fused-ring (bicyclic) bond motifs is 1. The third-order valence-electron chi connectivity index (χ3n) is 4.36. The Morgan fingerprint density at radius 3 is 2.70 bits per heavy atom. The lowest BCUT2D eigenvalue weighted by Crippen LogP contribution is -2.39. The summed E-state index contributed by atoms with van der Waals surface area (Å²) in [7, 11) is 1.74. The number of ether oxygens (including phenoxy) is 2. The molecule has 1 aromatic carbocycles. The van der Waals surface area contributed by atoms with Crippen molar-refractivity contribution in [3.63, 3.8) is 0 Å². The van der Waals surface area contributed by atoms with Crippen LogP contribution in [0.5, 0.6) is 11.5 Å². The summed E-state index contributed by atoms with van der Waals surface area (Å²) in [6, 6.07) is 11.6. The molecule has 3 aromatic rings. The first-order chi connectivity index (χ1) is 14.3. The Morgan fingerprint density at radius 1 is 1.07 bits per heavy atom. The Balaban J connectivity index is 0.00000256. The maximum Gasteiger partial charge on any atom is 0.276 e. The Labute approximate surface area is 191 Å². The number of hydrogen-bond acceptors (Lipinski definition) is 7. The van der Waals surface area contributed by atoms with E-state index in [4.69, 9.17) is 14.0 Å². The number of hydrogen-bond donors (Lipinski definition) is 2. The summed E-state index contributed by atoms with van der Waals surface area (Å²) in [5.41, 5.74) is 1.84. The van der Waals surface area contributed by atoms with Crippen molar-refractivity contribution >= 4 is 29.9 Å². The fraction of sp³-hybridized carbons (Fsp3) is 0.300. The van der Waals surface area contributed by atoms with E-state index in [-0.39, 0.29) is 30.8 Å². The highest BCUT2D eigenvalue weighted by atomic mass is 127. The highest BCUT2D eigenvalue weighted by Crippen LogP contribution is 2.32. The predicted octanol–water partition coefficient (Wildman–Crippen LogP) is 2.43. The van der Waals surface area contributed by atoms with Crippen molar-refractivity contribution in [3.8, 4) is 23.1 Å². The van der Waals surface area contributed by atoms with E-state index < -0.39 is 0 Å². The molecule has 1 aliphatic heterocycles. The van der Waals surface area contributed by atoms with Crippen LogP contribution >= 0.6 is 24.0 Å². The van der Waals surface area contributed by atoms with Gasteiger partial charge in [-0.25, -0.2) is 0 Å². The molecule has 0 bridgehead atoms. The zero-order valence-electron chi connectivity index (χ0n) is 16.5. The average molecular weight is 522 g/mol. The van der Waals surface area contributed by atoms with Crippen LogP contribution in [0.2, 0.25) is 0 Å². The number of aliphatic imine (C=N–C) groups is 1. The topological polar surface area (TPSA) is 107 Å². The van der Waals surface area contributed by atoms with Crippen molar-refractivity contribution in [3.05, 3.63) is 54.0 Å². The van der Waals surface area contributed by atoms with Crippen molar-refractivity contribution in [2.45, 2.75) is 12.8 Å². The van der Waals surface area contributed by atoms with E-state index in [0.717, 1.165) is 30.4 Å². The second kappa shape index (κ2) is 10.8. The number of rotatable bonds is 7. The van der Waals surface area contributed by atoms with Gasteiger partial charge in [-0.1, -0.05) is 17.3 Å². The summed E-state index contributed by atoms with van der Waals surface area (Å²) < 4.78 is 16.0. The van der Waals surface area contributed by atoms with Gasteiger partial charge in [0, 0.05) is 32.8 Å². The van der Waals surface area contributed by atoms with E-state index in [1.807, 2.05) is 36.4 Å². The Kier molecular flexibility index (Phi) is 7.82. The molecule has 2 N–H and O–H groups in total. The van der Waals surface area contributed by atoms with Crippen LogP contribution in [0.4, 0.5) is 0 Å². The fourth-order valence-corrected chi connectivity index (χ4v) is 2.88. The summed E-state index contributed by atoms with van der Waals surface area (Å²) in [6.07, 6.45) is 3.15. The van der Waals surface area contributed by atoms with Crippen LogP contribution in [0.1, 0.15) is 11.4 Å². The number of guanidine groups is 1. The van der Waals surface area contributed by atoms with Gasteiger partial charge in [0.2, 0.25) is 6.79 Å². The van der Waals surface area contributed by atoms with Crippen LogP contribution in [0.25, 0.3) is 11.6 Å². The Hall–Kier alpha value is -2.89. The lowest BCUT2D eigenvalue weighted by Gasteiger charge is -2.11. The fourth-order valence-electron chi connectivity index (χ4n) is 2.88. The molecule has 0 radical (unpaired) electrons. The number of nitrogens with one attached hydrogen (secondary N) is 2. The minimum Gasteiger partial charge on any atom is -0.454 e. The van der Waals surface area contributed by atoms with Crippen LogP contribution in [0.3, 0.4) is 0 Å². The first-order valence-corrected chi connectivity index (χ1v) is 9.39. The molecular weight excluding hydrogens is 499 g/mol. The monoisotopic (exact) mass is 522 g/mol. The molecular formula is C20H23IN6O3. The molecule has 4 rings (SSSR count). The number of aromatic nitrogens is 3. The van der Waals surface area contributed by atoms with E-state index in [9.17, 15) is 0 Å². The summed E-state index contributed by atoms with van der Waals surface area (Å²) >= 11 is 0. The zero-order valence-corrected chi connectivity index (χ0v) is 18.8. The molecule has 0 atom stereocenters. The summed E-state index contributed by atoms with van der Waals surface area (Å²) in [6.45, 7) is 1.66. The summed E-state index contributed by atoms with van der Waals surface area (Å²) in [5.74, 6) is 3.36. The first-order valence-electron chi connectivity index (χ1n) is 9.39. The smallest absolute Gasteiger partial charge is 0.276 e. The molecule has 3 heterocycles. The quantitative estimate of drug-likeness (QED) is 0.277. The second-order valence-electron chi connectivity index (χ2n) is 6.34. The van der Waals surface area contributed by atoms with Crippen LogP contribution in [0.15, 0.2) is 52.1 Å². The van der Waals surface area contributed by atoms with Gasteiger partial charge in [-0.3, -0.25) is 9.98 Å². The lowest BCUT2D eigenvalue weighted by atomic mass is 10.1. The molecule has 9 nitrogen and oxygen atoms in total. The summed E-state index contributed by atoms with van der Waals surface area (Å²) in [4.78, 5) is 12.8.